The minimum Gasteiger partial charge on any atom is -0.394 e. The van der Waals surface area contributed by atoms with Crippen LogP contribution in [-0.2, 0) is 0 Å². The Morgan fingerprint density at radius 2 is 2.13 bits per heavy atom. The lowest BCUT2D eigenvalue weighted by Crippen LogP contribution is -2.32. The van der Waals surface area contributed by atoms with E-state index < -0.39 is 0 Å². The van der Waals surface area contributed by atoms with Crippen LogP contribution in [0.1, 0.15) is 25.5 Å². The second-order valence-electron chi connectivity index (χ2n) is 3.88. The molecule has 0 saturated heterocycles. The van der Waals surface area contributed by atoms with Gasteiger partial charge >= 0.3 is 0 Å². The summed E-state index contributed by atoms with van der Waals surface area (Å²) < 4.78 is 0. The van der Waals surface area contributed by atoms with Gasteiger partial charge in [-0.3, -0.25) is 0 Å². The molecule has 15 heavy (non-hydrogen) atoms. The second-order valence-corrected chi connectivity index (χ2v) is 3.88. The van der Waals surface area contributed by atoms with Gasteiger partial charge in [0.25, 0.3) is 0 Å². The van der Waals surface area contributed by atoms with E-state index in [-0.39, 0.29) is 18.7 Å². The lowest BCUT2D eigenvalue weighted by atomic mass is 10.1. The van der Waals surface area contributed by atoms with Gasteiger partial charge in [-0.05, 0) is 25.5 Å². The highest BCUT2D eigenvalue weighted by atomic mass is 16.3. The average Bonchev–Trinajstić information content (AvgIpc) is 2.27. The van der Waals surface area contributed by atoms with E-state index in [0.29, 0.717) is 0 Å². The highest BCUT2D eigenvalue weighted by Gasteiger charge is 2.10. The maximum Gasteiger partial charge on any atom is 0.128 e. The van der Waals surface area contributed by atoms with Crippen LogP contribution in [0.4, 0.5) is 5.82 Å². The molecule has 3 N–H and O–H groups in total. The van der Waals surface area contributed by atoms with Crippen LogP contribution in [0, 0.1) is 0 Å². The molecule has 1 rings (SSSR count). The summed E-state index contributed by atoms with van der Waals surface area (Å²) in [5.41, 5.74) is 6.75. The van der Waals surface area contributed by atoms with E-state index in [1.165, 1.54) is 0 Å². The largest absolute Gasteiger partial charge is 0.394 e. The van der Waals surface area contributed by atoms with Crippen molar-refractivity contribution in [2.24, 2.45) is 5.73 Å². The maximum absolute atomic E-state index is 9.02. The van der Waals surface area contributed by atoms with E-state index in [0.717, 1.165) is 11.4 Å². The zero-order valence-corrected chi connectivity index (χ0v) is 9.51. The summed E-state index contributed by atoms with van der Waals surface area (Å²) in [5.74, 6) is 0.848. The minimum absolute atomic E-state index is 0.00659. The van der Waals surface area contributed by atoms with Crippen LogP contribution in [0.25, 0.3) is 0 Å². The monoisotopic (exact) mass is 209 g/mol. The topological polar surface area (TPSA) is 62.4 Å². The predicted octanol–water partition coefficient (Wildman–Crippen LogP) is 0.918. The fraction of sp³-hybridized carbons (Fsp3) is 0.545. The summed E-state index contributed by atoms with van der Waals surface area (Å²) >= 11 is 0. The van der Waals surface area contributed by atoms with Gasteiger partial charge in [0.2, 0.25) is 0 Å². The summed E-state index contributed by atoms with van der Waals surface area (Å²) in [6.45, 7) is 3.99. The quantitative estimate of drug-likeness (QED) is 0.774. The summed E-state index contributed by atoms with van der Waals surface area (Å²) in [5, 5.41) is 9.02. The number of nitrogens with zero attached hydrogens (tertiary/aromatic N) is 2. The van der Waals surface area contributed by atoms with Crippen LogP contribution >= 0.6 is 0 Å². The molecule has 0 aromatic carbocycles. The number of hydrogen-bond acceptors (Lipinski definition) is 4. The third-order valence-electron chi connectivity index (χ3n) is 2.58. The van der Waals surface area contributed by atoms with Crippen LogP contribution in [-0.4, -0.2) is 29.8 Å². The van der Waals surface area contributed by atoms with Gasteiger partial charge in [0.1, 0.15) is 5.82 Å². The van der Waals surface area contributed by atoms with E-state index >= 15 is 0 Å². The van der Waals surface area contributed by atoms with Crippen molar-refractivity contribution in [2.75, 3.05) is 18.6 Å². The molecular weight excluding hydrogens is 190 g/mol. The van der Waals surface area contributed by atoms with Crippen molar-refractivity contribution in [2.45, 2.75) is 25.9 Å². The summed E-state index contributed by atoms with van der Waals surface area (Å²) in [6, 6.07) is 3.96. The van der Waals surface area contributed by atoms with Gasteiger partial charge in [0.05, 0.1) is 12.6 Å². The van der Waals surface area contributed by atoms with Crippen LogP contribution in [0.15, 0.2) is 18.3 Å². The average molecular weight is 209 g/mol. The molecule has 0 amide bonds. The Morgan fingerprint density at radius 3 is 2.53 bits per heavy atom. The Kier molecular flexibility index (Phi) is 4.05. The van der Waals surface area contributed by atoms with Crippen molar-refractivity contribution in [1.29, 1.82) is 0 Å². The number of likely N-dealkylation sites (N-methyl/N-ethyl adjacent to an activating group) is 1. The van der Waals surface area contributed by atoms with Gasteiger partial charge in [-0.2, -0.15) is 0 Å². The Morgan fingerprint density at radius 1 is 1.47 bits per heavy atom. The first-order chi connectivity index (χ1) is 7.06. The normalized spacial score (nSPS) is 14.7. The number of aliphatic hydroxyl groups excluding tert-OH is 1. The van der Waals surface area contributed by atoms with Crippen molar-refractivity contribution in [1.82, 2.24) is 4.98 Å². The van der Waals surface area contributed by atoms with Gasteiger partial charge in [0, 0.05) is 19.3 Å². The van der Waals surface area contributed by atoms with Crippen molar-refractivity contribution >= 4 is 5.82 Å². The number of hydrogen-bond donors (Lipinski definition) is 2. The zero-order chi connectivity index (χ0) is 11.4. The standard InChI is InChI=1S/C11H19N3O/c1-8(7-15)14(3)11-5-4-10(6-13-11)9(2)12/h4-6,8-9,15H,7,12H2,1-3H3. The SMILES string of the molecule is CC(N)c1ccc(N(C)C(C)CO)nc1. The Hall–Kier alpha value is -1.13. The third-order valence-corrected chi connectivity index (χ3v) is 2.58. The van der Waals surface area contributed by atoms with E-state index in [2.05, 4.69) is 4.98 Å². The highest BCUT2D eigenvalue weighted by Crippen LogP contribution is 2.15. The summed E-state index contributed by atoms with van der Waals surface area (Å²) in [4.78, 5) is 6.24. The molecule has 0 radical (unpaired) electrons. The molecular formula is C11H19N3O. The van der Waals surface area contributed by atoms with Crippen LogP contribution in [0.3, 0.4) is 0 Å². The lowest BCUT2D eigenvalue weighted by Gasteiger charge is -2.24. The van der Waals surface area contributed by atoms with Crippen molar-refractivity contribution in [3.63, 3.8) is 0 Å². The Balaban J connectivity index is 2.79. The Labute approximate surface area is 90.7 Å². The maximum atomic E-state index is 9.02. The molecule has 0 aliphatic heterocycles. The fourth-order valence-electron chi connectivity index (χ4n) is 1.22. The molecule has 0 fully saturated rings. The number of rotatable bonds is 4. The highest BCUT2D eigenvalue weighted by molar-refractivity contribution is 5.39. The fourth-order valence-corrected chi connectivity index (χ4v) is 1.22. The molecule has 2 unspecified atom stereocenters. The van der Waals surface area contributed by atoms with Gasteiger partial charge < -0.3 is 15.7 Å². The Bertz CT molecular complexity index is 297. The third kappa shape index (κ3) is 2.91. The van der Waals surface area contributed by atoms with Gasteiger partial charge in [-0.25, -0.2) is 4.98 Å². The summed E-state index contributed by atoms with van der Waals surface area (Å²) in [6.07, 6.45) is 1.78. The predicted molar refractivity (Wildman–Crippen MR) is 61.8 cm³/mol. The molecule has 0 spiro atoms. The van der Waals surface area contributed by atoms with Crippen molar-refractivity contribution in [3.05, 3.63) is 23.9 Å². The molecule has 0 bridgehead atoms. The first-order valence-electron chi connectivity index (χ1n) is 5.11. The van der Waals surface area contributed by atoms with Crippen molar-refractivity contribution in [3.8, 4) is 0 Å². The summed E-state index contributed by atoms with van der Waals surface area (Å²) in [7, 11) is 1.91. The van der Waals surface area contributed by atoms with Crippen LogP contribution in [0.2, 0.25) is 0 Å². The number of nitrogens with two attached hydrogens (primary N) is 1. The van der Waals surface area contributed by atoms with Crippen molar-refractivity contribution < 1.29 is 5.11 Å². The molecule has 1 aromatic rings. The molecule has 4 nitrogen and oxygen atoms in total. The molecule has 0 saturated carbocycles. The molecule has 0 aliphatic rings. The number of pyridine rings is 1. The van der Waals surface area contributed by atoms with Crippen LogP contribution in [0.5, 0.6) is 0 Å². The molecule has 0 aliphatic carbocycles. The minimum atomic E-state index is 0.00659. The van der Waals surface area contributed by atoms with Crippen LogP contribution < -0.4 is 10.6 Å². The molecule has 1 aromatic heterocycles. The second kappa shape index (κ2) is 5.09. The van der Waals surface area contributed by atoms with E-state index in [4.69, 9.17) is 10.8 Å². The zero-order valence-electron chi connectivity index (χ0n) is 9.51. The first-order valence-corrected chi connectivity index (χ1v) is 5.11. The number of aromatic nitrogens is 1. The van der Waals surface area contributed by atoms with E-state index in [9.17, 15) is 0 Å². The molecule has 1 heterocycles. The molecule has 4 heteroatoms. The number of aliphatic hydroxyl groups is 1. The van der Waals surface area contributed by atoms with Gasteiger partial charge in [-0.1, -0.05) is 6.07 Å². The van der Waals surface area contributed by atoms with Gasteiger partial charge in [0.15, 0.2) is 0 Å². The smallest absolute Gasteiger partial charge is 0.128 e. The van der Waals surface area contributed by atoms with Gasteiger partial charge in [-0.15, -0.1) is 0 Å². The van der Waals surface area contributed by atoms with E-state index in [1.54, 1.807) is 6.20 Å². The lowest BCUT2D eigenvalue weighted by molar-refractivity contribution is 0.270. The first kappa shape index (κ1) is 11.9. The molecule has 2 atom stereocenters. The molecule has 84 valence electrons. The van der Waals surface area contributed by atoms with E-state index in [1.807, 2.05) is 37.9 Å². The number of anilines is 1.